The van der Waals surface area contributed by atoms with Crippen LogP contribution in [0.1, 0.15) is 24.5 Å². The smallest absolute Gasteiger partial charge is 0.165 e. The molecular formula is C17H19ClFNO. The molecule has 0 spiro atoms. The third kappa shape index (κ3) is 4.45. The molecule has 21 heavy (non-hydrogen) atoms. The highest BCUT2D eigenvalue weighted by atomic mass is 35.5. The zero-order valence-corrected chi connectivity index (χ0v) is 12.7. The summed E-state index contributed by atoms with van der Waals surface area (Å²) in [5.74, 6) is -0.0841. The second-order valence-corrected chi connectivity index (χ2v) is 5.46. The molecule has 2 nitrogen and oxygen atoms in total. The Morgan fingerprint density at radius 1 is 1.24 bits per heavy atom. The lowest BCUT2D eigenvalue weighted by Gasteiger charge is -2.15. The Balaban J connectivity index is 2.15. The summed E-state index contributed by atoms with van der Waals surface area (Å²) in [6, 6.07) is 12.3. The van der Waals surface area contributed by atoms with Gasteiger partial charge in [-0.15, -0.1) is 0 Å². The second-order valence-electron chi connectivity index (χ2n) is 5.02. The van der Waals surface area contributed by atoms with Crippen LogP contribution < -0.4 is 10.5 Å². The molecule has 0 saturated heterocycles. The average Bonchev–Trinajstić information content (AvgIpc) is 2.46. The van der Waals surface area contributed by atoms with Gasteiger partial charge in [0.1, 0.15) is 6.61 Å². The number of halogens is 2. The predicted molar refractivity (Wildman–Crippen MR) is 84.2 cm³/mol. The van der Waals surface area contributed by atoms with Crippen molar-refractivity contribution in [3.05, 3.63) is 64.4 Å². The maximum absolute atomic E-state index is 14.0. The van der Waals surface area contributed by atoms with Gasteiger partial charge in [0.15, 0.2) is 11.6 Å². The molecule has 2 aromatic rings. The Bertz CT molecular complexity index is 603. The molecule has 0 aliphatic rings. The van der Waals surface area contributed by atoms with Crippen molar-refractivity contribution in [3.63, 3.8) is 0 Å². The van der Waals surface area contributed by atoms with Crippen LogP contribution in [0.15, 0.2) is 42.5 Å². The van der Waals surface area contributed by atoms with Gasteiger partial charge in [-0.1, -0.05) is 42.8 Å². The van der Waals surface area contributed by atoms with Crippen molar-refractivity contribution in [2.24, 2.45) is 5.73 Å². The fourth-order valence-electron chi connectivity index (χ4n) is 2.08. The van der Waals surface area contributed by atoms with Crippen molar-refractivity contribution in [2.75, 3.05) is 0 Å². The minimum atomic E-state index is -0.363. The number of nitrogens with two attached hydrogens (primary N) is 1. The molecule has 0 heterocycles. The Morgan fingerprint density at radius 3 is 2.71 bits per heavy atom. The molecule has 0 fully saturated rings. The van der Waals surface area contributed by atoms with E-state index in [1.165, 1.54) is 6.07 Å². The zero-order valence-electron chi connectivity index (χ0n) is 12.0. The van der Waals surface area contributed by atoms with E-state index in [0.717, 1.165) is 17.5 Å². The van der Waals surface area contributed by atoms with E-state index in [1.54, 1.807) is 18.2 Å². The van der Waals surface area contributed by atoms with E-state index in [-0.39, 0.29) is 24.2 Å². The van der Waals surface area contributed by atoms with Crippen LogP contribution in [-0.4, -0.2) is 6.04 Å². The molecule has 0 radical (unpaired) electrons. The molecule has 0 bridgehead atoms. The Hall–Kier alpha value is -1.58. The lowest BCUT2D eigenvalue weighted by molar-refractivity contribution is 0.286. The van der Waals surface area contributed by atoms with Crippen LogP contribution in [0.25, 0.3) is 0 Å². The molecule has 0 saturated carbocycles. The van der Waals surface area contributed by atoms with Gasteiger partial charge in [0.25, 0.3) is 0 Å². The second kappa shape index (κ2) is 7.43. The summed E-state index contributed by atoms with van der Waals surface area (Å²) in [6.07, 6.45) is 1.43. The Kier molecular flexibility index (Phi) is 5.59. The molecule has 0 aliphatic heterocycles. The first-order valence-electron chi connectivity index (χ1n) is 7.00. The molecule has 1 atom stereocenters. The molecule has 0 aromatic heterocycles. The predicted octanol–water partition coefficient (Wildman–Crippen LogP) is 4.34. The maximum atomic E-state index is 14.0. The van der Waals surface area contributed by atoms with Gasteiger partial charge in [-0.3, -0.25) is 0 Å². The van der Waals surface area contributed by atoms with Crippen LogP contribution >= 0.6 is 11.6 Å². The molecule has 1 unspecified atom stereocenters. The number of para-hydroxylation sites is 1. The van der Waals surface area contributed by atoms with E-state index in [1.807, 2.05) is 25.1 Å². The van der Waals surface area contributed by atoms with Crippen LogP contribution in [0.5, 0.6) is 5.75 Å². The highest BCUT2D eigenvalue weighted by Gasteiger charge is 2.12. The monoisotopic (exact) mass is 307 g/mol. The van der Waals surface area contributed by atoms with Gasteiger partial charge in [-0.25, -0.2) is 4.39 Å². The van der Waals surface area contributed by atoms with Gasteiger partial charge in [-0.2, -0.15) is 0 Å². The third-order valence-electron chi connectivity index (χ3n) is 3.33. The van der Waals surface area contributed by atoms with E-state index in [9.17, 15) is 4.39 Å². The highest BCUT2D eigenvalue weighted by Crippen LogP contribution is 2.25. The van der Waals surface area contributed by atoms with E-state index in [4.69, 9.17) is 22.1 Å². The molecule has 2 N–H and O–H groups in total. The van der Waals surface area contributed by atoms with E-state index >= 15 is 0 Å². The van der Waals surface area contributed by atoms with Crippen LogP contribution in [0, 0.1) is 5.82 Å². The van der Waals surface area contributed by atoms with Crippen LogP contribution in [0.2, 0.25) is 5.02 Å². The Morgan fingerprint density at radius 2 is 2.00 bits per heavy atom. The van der Waals surface area contributed by atoms with Crippen molar-refractivity contribution in [3.8, 4) is 5.75 Å². The summed E-state index contributed by atoms with van der Waals surface area (Å²) >= 11 is 5.93. The minimum Gasteiger partial charge on any atom is -0.486 e. The molecule has 0 aliphatic carbocycles. The average molecular weight is 308 g/mol. The third-order valence-corrected chi connectivity index (χ3v) is 3.56. The first-order chi connectivity index (χ1) is 10.1. The lowest BCUT2D eigenvalue weighted by atomic mass is 10.0. The minimum absolute atomic E-state index is 0.000296. The molecular weight excluding hydrogens is 289 g/mol. The number of hydrogen-bond donors (Lipinski definition) is 1. The number of benzene rings is 2. The highest BCUT2D eigenvalue weighted by molar-refractivity contribution is 6.30. The molecule has 2 aromatic carbocycles. The maximum Gasteiger partial charge on any atom is 0.165 e. The van der Waals surface area contributed by atoms with E-state index in [2.05, 4.69) is 0 Å². The summed E-state index contributed by atoms with van der Waals surface area (Å²) in [5.41, 5.74) is 7.65. The van der Waals surface area contributed by atoms with Gasteiger partial charge in [0.05, 0.1) is 0 Å². The summed E-state index contributed by atoms with van der Waals surface area (Å²) in [5, 5.41) is 0.637. The number of hydrogen-bond acceptors (Lipinski definition) is 2. The number of rotatable bonds is 6. The van der Waals surface area contributed by atoms with Crippen molar-refractivity contribution in [2.45, 2.75) is 32.4 Å². The normalized spacial score (nSPS) is 12.2. The van der Waals surface area contributed by atoms with Crippen molar-refractivity contribution < 1.29 is 9.13 Å². The number of ether oxygens (including phenoxy) is 1. The van der Waals surface area contributed by atoms with Gasteiger partial charge in [0, 0.05) is 11.1 Å². The van der Waals surface area contributed by atoms with E-state index < -0.39 is 0 Å². The van der Waals surface area contributed by atoms with Crippen LogP contribution in [-0.2, 0) is 13.0 Å². The summed E-state index contributed by atoms with van der Waals surface area (Å²) in [7, 11) is 0. The quantitative estimate of drug-likeness (QED) is 0.861. The largest absolute Gasteiger partial charge is 0.486 e. The van der Waals surface area contributed by atoms with Crippen LogP contribution in [0.3, 0.4) is 0 Å². The van der Waals surface area contributed by atoms with Crippen molar-refractivity contribution >= 4 is 11.6 Å². The molecule has 4 heteroatoms. The topological polar surface area (TPSA) is 35.2 Å². The fourth-order valence-corrected chi connectivity index (χ4v) is 2.30. The summed E-state index contributed by atoms with van der Waals surface area (Å²) < 4.78 is 19.7. The SMILES string of the molecule is CCC(N)Cc1cccc(F)c1OCc1cccc(Cl)c1. The molecule has 112 valence electrons. The molecule has 0 amide bonds. The van der Waals surface area contributed by atoms with E-state index in [0.29, 0.717) is 11.4 Å². The Labute approximate surface area is 129 Å². The standard InChI is InChI=1S/C17H19ClFNO/c1-2-15(20)10-13-6-4-8-16(19)17(13)21-11-12-5-3-7-14(18)9-12/h3-9,15H,2,10-11,20H2,1H3. The first kappa shape index (κ1) is 15.8. The first-order valence-corrected chi connectivity index (χ1v) is 7.38. The van der Waals surface area contributed by atoms with Gasteiger partial charge < -0.3 is 10.5 Å². The van der Waals surface area contributed by atoms with Crippen molar-refractivity contribution in [1.29, 1.82) is 0 Å². The molecule has 2 rings (SSSR count). The zero-order chi connectivity index (χ0) is 15.2. The van der Waals surface area contributed by atoms with Gasteiger partial charge >= 0.3 is 0 Å². The lowest BCUT2D eigenvalue weighted by Crippen LogP contribution is -2.22. The van der Waals surface area contributed by atoms with Crippen molar-refractivity contribution in [1.82, 2.24) is 0 Å². The van der Waals surface area contributed by atoms with Crippen LogP contribution in [0.4, 0.5) is 4.39 Å². The summed E-state index contributed by atoms with van der Waals surface area (Å²) in [6.45, 7) is 2.28. The van der Waals surface area contributed by atoms with Gasteiger partial charge in [-0.05, 0) is 42.2 Å². The fraction of sp³-hybridized carbons (Fsp3) is 0.294. The van der Waals surface area contributed by atoms with Gasteiger partial charge in [0.2, 0.25) is 0 Å². The summed E-state index contributed by atoms with van der Waals surface area (Å²) in [4.78, 5) is 0.